The molecule has 0 bridgehead atoms. The summed E-state index contributed by atoms with van der Waals surface area (Å²) >= 11 is 0. The van der Waals surface area contributed by atoms with E-state index in [0.29, 0.717) is 26.2 Å². The standard InChI is InChI=1S/C22H33N7O2.HI/c1-23-22(28-11-12-29(21(30)17-28)19-15-25-27(4)16-19)24-14-18-6-8-20(9-7-18)31-13-5-10-26(2)3;/h6-9,15-16H,5,10-14,17H2,1-4H3,(H,23,24);1H. The van der Waals surface area contributed by atoms with Crippen LogP contribution in [0, 0.1) is 0 Å². The minimum Gasteiger partial charge on any atom is -0.494 e. The maximum absolute atomic E-state index is 12.6. The van der Waals surface area contributed by atoms with Crippen LogP contribution in [0.5, 0.6) is 5.75 Å². The van der Waals surface area contributed by atoms with Gasteiger partial charge in [0, 0.05) is 46.5 Å². The number of halogens is 1. The second kappa shape index (κ2) is 12.6. The van der Waals surface area contributed by atoms with Crippen molar-refractivity contribution in [3.8, 4) is 5.75 Å². The van der Waals surface area contributed by atoms with Crippen LogP contribution in [0.25, 0.3) is 0 Å². The van der Waals surface area contributed by atoms with E-state index in [4.69, 9.17) is 4.74 Å². The van der Waals surface area contributed by atoms with Crippen LogP contribution in [0.15, 0.2) is 41.7 Å². The number of rotatable bonds is 8. The summed E-state index contributed by atoms with van der Waals surface area (Å²) in [5, 5.41) is 7.52. The van der Waals surface area contributed by atoms with Crippen LogP contribution < -0.4 is 15.0 Å². The van der Waals surface area contributed by atoms with Gasteiger partial charge in [-0.15, -0.1) is 24.0 Å². The molecule has 1 N–H and O–H groups in total. The van der Waals surface area contributed by atoms with Gasteiger partial charge in [-0.25, -0.2) is 0 Å². The number of ether oxygens (including phenoxy) is 1. The number of benzene rings is 1. The van der Waals surface area contributed by atoms with Crippen LogP contribution in [0.2, 0.25) is 0 Å². The lowest BCUT2D eigenvalue weighted by molar-refractivity contribution is -0.120. The van der Waals surface area contributed by atoms with Crippen LogP contribution in [-0.4, -0.2) is 85.4 Å². The molecular formula is C22H34IN7O2. The number of anilines is 1. The number of hydrogen-bond acceptors (Lipinski definition) is 5. The Bertz CT molecular complexity index is 883. The third-order valence-corrected chi connectivity index (χ3v) is 5.13. The first-order chi connectivity index (χ1) is 15.0. The summed E-state index contributed by atoms with van der Waals surface area (Å²) in [6.45, 7) is 3.95. The van der Waals surface area contributed by atoms with E-state index in [1.54, 1.807) is 22.8 Å². The number of aromatic nitrogens is 2. The molecular weight excluding hydrogens is 521 g/mol. The lowest BCUT2D eigenvalue weighted by Crippen LogP contribution is -2.55. The molecule has 0 unspecified atom stereocenters. The molecule has 176 valence electrons. The Balaban J connectivity index is 0.00000363. The maximum atomic E-state index is 12.6. The highest BCUT2D eigenvalue weighted by Gasteiger charge is 2.27. The van der Waals surface area contributed by atoms with Gasteiger partial charge in [0.15, 0.2) is 5.96 Å². The first-order valence-corrected chi connectivity index (χ1v) is 10.6. The predicted molar refractivity (Wildman–Crippen MR) is 138 cm³/mol. The number of guanidine groups is 1. The molecule has 2 heterocycles. The van der Waals surface area contributed by atoms with Crippen LogP contribution in [0.4, 0.5) is 5.69 Å². The topological polar surface area (TPSA) is 78.2 Å². The summed E-state index contributed by atoms with van der Waals surface area (Å²) in [5.41, 5.74) is 1.96. The van der Waals surface area contributed by atoms with Crippen molar-refractivity contribution in [3.05, 3.63) is 42.2 Å². The van der Waals surface area contributed by atoms with Crippen molar-refractivity contribution in [3.63, 3.8) is 0 Å². The molecule has 1 aliphatic heterocycles. The summed E-state index contributed by atoms with van der Waals surface area (Å²) in [7, 11) is 7.71. The third-order valence-electron chi connectivity index (χ3n) is 5.13. The highest BCUT2D eigenvalue weighted by molar-refractivity contribution is 14.0. The summed E-state index contributed by atoms with van der Waals surface area (Å²) in [4.78, 5) is 22.9. The first-order valence-electron chi connectivity index (χ1n) is 10.6. The Morgan fingerprint density at radius 3 is 2.59 bits per heavy atom. The number of carbonyl (C=O) groups is 1. The summed E-state index contributed by atoms with van der Waals surface area (Å²) < 4.78 is 7.49. The Hall–Kier alpha value is -2.34. The Morgan fingerprint density at radius 1 is 1.25 bits per heavy atom. The fraction of sp³-hybridized carbons (Fsp3) is 0.500. The SMILES string of the molecule is CN=C(NCc1ccc(OCCCN(C)C)cc1)N1CCN(c2cnn(C)c2)C(=O)C1.I. The molecule has 1 amide bonds. The molecule has 0 spiro atoms. The van der Waals surface area contributed by atoms with E-state index >= 15 is 0 Å². The number of carbonyl (C=O) groups excluding carboxylic acids is 1. The van der Waals surface area contributed by atoms with E-state index in [1.165, 1.54) is 0 Å². The number of piperazine rings is 1. The molecule has 1 saturated heterocycles. The fourth-order valence-corrected chi connectivity index (χ4v) is 3.46. The second-order valence-corrected chi connectivity index (χ2v) is 7.89. The molecule has 2 aromatic rings. The minimum atomic E-state index is 0. The van der Waals surface area contributed by atoms with Crippen LogP contribution in [-0.2, 0) is 18.4 Å². The van der Waals surface area contributed by atoms with Crippen molar-refractivity contribution in [2.75, 3.05) is 58.8 Å². The van der Waals surface area contributed by atoms with Crippen molar-refractivity contribution in [2.45, 2.75) is 13.0 Å². The third kappa shape index (κ3) is 7.37. The van der Waals surface area contributed by atoms with Gasteiger partial charge in [0.1, 0.15) is 12.3 Å². The molecule has 0 atom stereocenters. The summed E-state index contributed by atoms with van der Waals surface area (Å²) in [6, 6.07) is 8.08. The Kier molecular flexibility index (Phi) is 10.2. The van der Waals surface area contributed by atoms with Gasteiger partial charge in [-0.05, 0) is 38.2 Å². The molecule has 0 radical (unpaired) electrons. The molecule has 0 saturated carbocycles. The Labute approximate surface area is 207 Å². The number of aliphatic imine (C=N–C) groups is 1. The van der Waals surface area contributed by atoms with Crippen LogP contribution in [0.1, 0.15) is 12.0 Å². The van der Waals surface area contributed by atoms with Gasteiger partial charge in [0.05, 0.1) is 18.5 Å². The van der Waals surface area contributed by atoms with Crippen molar-refractivity contribution in [2.24, 2.45) is 12.0 Å². The highest BCUT2D eigenvalue weighted by Crippen LogP contribution is 2.16. The number of aryl methyl sites for hydroxylation is 1. The molecule has 10 heteroatoms. The molecule has 3 rings (SSSR count). The average molecular weight is 555 g/mol. The highest BCUT2D eigenvalue weighted by atomic mass is 127. The number of nitrogens with one attached hydrogen (secondary N) is 1. The van der Waals surface area contributed by atoms with Crippen molar-refractivity contribution in [1.29, 1.82) is 0 Å². The van der Waals surface area contributed by atoms with Crippen molar-refractivity contribution >= 4 is 41.5 Å². The number of hydrogen-bond donors (Lipinski definition) is 1. The lowest BCUT2D eigenvalue weighted by atomic mass is 10.2. The predicted octanol–water partition coefficient (Wildman–Crippen LogP) is 1.79. The van der Waals surface area contributed by atoms with Gasteiger partial charge < -0.3 is 24.8 Å². The van der Waals surface area contributed by atoms with E-state index < -0.39 is 0 Å². The van der Waals surface area contributed by atoms with Gasteiger partial charge in [0.25, 0.3) is 0 Å². The van der Waals surface area contributed by atoms with Gasteiger partial charge in [-0.1, -0.05) is 12.1 Å². The zero-order valence-corrected chi connectivity index (χ0v) is 21.7. The fourth-order valence-electron chi connectivity index (χ4n) is 3.46. The van der Waals surface area contributed by atoms with Gasteiger partial charge >= 0.3 is 0 Å². The van der Waals surface area contributed by atoms with Crippen LogP contribution >= 0.6 is 24.0 Å². The van der Waals surface area contributed by atoms with Crippen molar-refractivity contribution < 1.29 is 9.53 Å². The van der Waals surface area contributed by atoms with Crippen molar-refractivity contribution in [1.82, 2.24) is 24.9 Å². The maximum Gasteiger partial charge on any atom is 0.246 e. The van der Waals surface area contributed by atoms with Gasteiger partial charge in [-0.2, -0.15) is 5.10 Å². The minimum absolute atomic E-state index is 0. The molecule has 1 aromatic carbocycles. The lowest BCUT2D eigenvalue weighted by Gasteiger charge is -2.35. The van der Waals surface area contributed by atoms with E-state index in [9.17, 15) is 4.79 Å². The Morgan fingerprint density at radius 2 is 2.00 bits per heavy atom. The second-order valence-electron chi connectivity index (χ2n) is 7.89. The van der Waals surface area contributed by atoms with E-state index in [1.807, 2.05) is 42.4 Å². The van der Waals surface area contributed by atoms with Crippen LogP contribution in [0.3, 0.4) is 0 Å². The summed E-state index contributed by atoms with van der Waals surface area (Å²) in [5.74, 6) is 1.64. The molecule has 32 heavy (non-hydrogen) atoms. The average Bonchev–Trinajstić information content (AvgIpc) is 3.18. The molecule has 1 aromatic heterocycles. The molecule has 0 aliphatic carbocycles. The quantitative estimate of drug-likeness (QED) is 0.232. The monoisotopic (exact) mass is 555 g/mol. The molecule has 1 aliphatic rings. The van der Waals surface area contributed by atoms with Gasteiger partial charge in [-0.3, -0.25) is 14.5 Å². The molecule has 1 fully saturated rings. The number of nitrogens with zero attached hydrogens (tertiary/aromatic N) is 6. The summed E-state index contributed by atoms with van der Waals surface area (Å²) in [6.07, 6.45) is 4.58. The zero-order chi connectivity index (χ0) is 22.2. The smallest absolute Gasteiger partial charge is 0.246 e. The zero-order valence-electron chi connectivity index (χ0n) is 19.3. The van der Waals surface area contributed by atoms with E-state index in [0.717, 1.165) is 35.9 Å². The van der Waals surface area contributed by atoms with E-state index in [2.05, 4.69) is 34.4 Å². The number of amides is 1. The van der Waals surface area contributed by atoms with Gasteiger partial charge in [0.2, 0.25) is 5.91 Å². The first kappa shape index (κ1) is 25.9. The largest absolute Gasteiger partial charge is 0.494 e. The molecule has 9 nitrogen and oxygen atoms in total. The normalized spacial score (nSPS) is 14.5. The van der Waals surface area contributed by atoms with E-state index in [-0.39, 0.29) is 36.4 Å².